The number of hydrogen-bond donors (Lipinski definition) is 0. The van der Waals surface area contributed by atoms with E-state index in [-0.39, 0.29) is 17.9 Å². The molecule has 0 N–H and O–H groups in total. The maximum Gasteiger partial charge on any atom is 0.253 e. The van der Waals surface area contributed by atoms with E-state index in [1.807, 2.05) is 16.8 Å². The maximum atomic E-state index is 14.4. The summed E-state index contributed by atoms with van der Waals surface area (Å²) in [6, 6.07) is 7.09. The fourth-order valence-electron chi connectivity index (χ4n) is 5.55. The summed E-state index contributed by atoms with van der Waals surface area (Å²) in [6.07, 6.45) is 0.447. The molecule has 1 amide bonds. The van der Waals surface area contributed by atoms with Crippen LogP contribution in [0.1, 0.15) is 21.5 Å². The summed E-state index contributed by atoms with van der Waals surface area (Å²) >= 11 is 0. The van der Waals surface area contributed by atoms with Crippen molar-refractivity contribution >= 4 is 28.4 Å². The molecule has 2 saturated heterocycles. The molecule has 0 spiro atoms. The van der Waals surface area contributed by atoms with Crippen LogP contribution in [0.15, 0.2) is 39.5 Å². The number of ether oxygens (including phenoxy) is 1. The van der Waals surface area contributed by atoms with E-state index in [1.54, 1.807) is 17.0 Å². The average Bonchev–Trinajstić information content (AvgIpc) is 3.32. The van der Waals surface area contributed by atoms with Crippen molar-refractivity contribution in [2.45, 2.75) is 13.0 Å². The van der Waals surface area contributed by atoms with Gasteiger partial charge in [-0.15, -0.1) is 0 Å². The van der Waals surface area contributed by atoms with Gasteiger partial charge in [-0.2, -0.15) is 0 Å². The number of morpholine rings is 1. The Morgan fingerprint density at radius 1 is 0.947 bits per heavy atom. The molecule has 4 heterocycles. The van der Waals surface area contributed by atoms with Gasteiger partial charge in [0, 0.05) is 86.9 Å². The lowest BCUT2D eigenvalue weighted by molar-refractivity contribution is 0.0664. The number of benzene rings is 2. The number of hydrogen-bond acceptors (Lipinski definition) is 7. The van der Waals surface area contributed by atoms with Crippen LogP contribution in [0.2, 0.25) is 0 Å². The quantitative estimate of drug-likeness (QED) is 0.520. The third-order valence-corrected chi connectivity index (χ3v) is 7.72. The Labute approximate surface area is 219 Å². The Kier molecular flexibility index (Phi) is 6.53. The summed E-state index contributed by atoms with van der Waals surface area (Å²) in [5.74, 6) is -0.897. The number of piperazine rings is 1. The number of likely N-dealkylation sites (N-methyl/N-ethyl adjacent to an activating group) is 1. The van der Waals surface area contributed by atoms with Crippen molar-refractivity contribution in [3.63, 3.8) is 0 Å². The zero-order valence-corrected chi connectivity index (χ0v) is 21.3. The van der Waals surface area contributed by atoms with Crippen LogP contribution in [0.4, 0.5) is 20.4 Å². The number of nitrogens with zero attached hydrogens (tertiary/aromatic N) is 4. The first-order valence-corrected chi connectivity index (χ1v) is 13.0. The van der Waals surface area contributed by atoms with Crippen LogP contribution in [0, 0.1) is 11.6 Å². The van der Waals surface area contributed by atoms with Crippen molar-refractivity contribution < 1.29 is 22.7 Å². The molecule has 200 valence electrons. The Hall–Kier alpha value is -3.50. The van der Waals surface area contributed by atoms with Crippen LogP contribution < -0.4 is 15.2 Å². The number of fused-ring (bicyclic) bond motifs is 2. The van der Waals surface area contributed by atoms with Gasteiger partial charge in [0.05, 0.1) is 18.6 Å². The number of halogens is 2. The van der Waals surface area contributed by atoms with Gasteiger partial charge in [0.15, 0.2) is 11.3 Å². The number of anilines is 2. The normalized spacial score (nSPS) is 18.3. The summed E-state index contributed by atoms with van der Waals surface area (Å²) in [5.41, 5.74) is 2.15. The Morgan fingerprint density at radius 2 is 1.71 bits per heavy atom. The average molecular weight is 525 g/mol. The molecule has 38 heavy (non-hydrogen) atoms. The monoisotopic (exact) mass is 524 g/mol. The van der Waals surface area contributed by atoms with Crippen molar-refractivity contribution in [2.24, 2.45) is 0 Å². The van der Waals surface area contributed by atoms with E-state index in [0.717, 1.165) is 19.2 Å². The minimum Gasteiger partial charge on any atom is -0.440 e. The van der Waals surface area contributed by atoms with Crippen molar-refractivity contribution in [1.29, 1.82) is 0 Å². The van der Waals surface area contributed by atoms with Gasteiger partial charge in [-0.1, -0.05) is 0 Å². The standard InChI is InChI=1S/C28H30F2N4O4/c1-31-4-6-33(7-5-31)28(36)18-12-19(17-34-3-2-21-23(30)14-20(29)15-24(21)34)27-22(13-18)25(35)16-26(38-27)32-8-10-37-11-9-32/h12-16H,2-11,17H2,1H3. The zero-order chi connectivity index (χ0) is 26.4. The van der Waals surface area contributed by atoms with E-state index < -0.39 is 11.6 Å². The van der Waals surface area contributed by atoms with Gasteiger partial charge in [-0.25, -0.2) is 8.78 Å². The lowest BCUT2D eigenvalue weighted by atomic mass is 10.0. The summed E-state index contributed by atoms with van der Waals surface area (Å²) in [4.78, 5) is 34.6. The molecule has 0 atom stereocenters. The highest BCUT2D eigenvalue weighted by atomic mass is 19.1. The lowest BCUT2D eigenvalue weighted by Gasteiger charge is -2.32. The Balaban J connectivity index is 1.43. The van der Waals surface area contributed by atoms with Gasteiger partial charge in [-0.05, 0) is 31.7 Å². The SMILES string of the molecule is CN1CCN(C(=O)c2cc(CN3CCc4c(F)cc(F)cc43)c3oc(N4CCOCC4)cc(=O)c3c2)CC1. The first-order chi connectivity index (χ1) is 18.4. The molecule has 10 heteroatoms. The number of amides is 1. The fraction of sp³-hybridized carbons (Fsp3) is 0.429. The van der Waals surface area contributed by atoms with Crippen LogP contribution >= 0.6 is 0 Å². The zero-order valence-electron chi connectivity index (χ0n) is 21.3. The third-order valence-electron chi connectivity index (χ3n) is 7.72. The van der Waals surface area contributed by atoms with Crippen molar-refractivity contribution in [1.82, 2.24) is 9.80 Å². The molecular formula is C28H30F2N4O4. The molecule has 0 saturated carbocycles. The molecule has 0 aliphatic carbocycles. The van der Waals surface area contributed by atoms with Crippen LogP contribution in [-0.2, 0) is 17.7 Å². The Morgan fingerprint density at radius 3 is 2.47 bits per heavy atom. The molecule has 6 rings (SSSR count). The van der Waals surface area contributed by atoms with Crippen LogP contribution in [0.3, 0.4) is 0 Å². The highest BCUT2D eigenvalue weighted by Crippen LogP contribution is 2.34. The highest BCUT2D eigenvalue weighted by Gasteiger charge is 2.27. The summed E-state index contributed by atoms with van der Waals surface area (Å²) < 4.78 is 40.3. The second kappa shape index (κ2) is 9.99. The first kappa shape index (κ1) is 24.8. The molecule has 3 aliphatic heterocycles. The summed E-state index contributed by atoms with van der Waals surface area (Å²) in [5, 5.41) is 0.321. The van der Waals surface area contributed by atoms with Crippen LogP contribution in [-0.4, -0.2) is 81.8 Å². The molecule has 3 aromatic rings. The molecule has 3 aliphatic rings. The van der Waals surface area contributed by atoms with Gasteiger partial charge in [0.2, 0.25) is 0 Å². The number of carbonyl (C=O) groups is 1. The number of rotatable bonds is 4. The molecule has 0 bridgehead atoms. The van der Waals surface area contributed by atoms with E-state index in [9.17, 15) is 18.4 Å². The smallest absolute Gasteiger partial charge is 0.253 e. The second-order valence-corrected chi connectivity index (χ2v) is 10.2. The van der Waals surface area contributed by atoms with Crippen molar-refractivity contribution in [2.75, 3.05) is 75.9 Å². The van der Waals surface area contributed by atoms with E-state index >= 15 is 0 Å². The summed E-state index contributed by atoms with van der Waals surface area (Å²) in [6.45, 7) is 5.76. The van der Waals surface area contributed by atoms with E-state index in [4.69, 9.17) is 9.15 Å². The third kappa shape index (κ3) is 4.63. The molecule has 1 aromatic heterocycles. The second-order valence-electron chi connectivity index (χ2n) is 10.2. The van der Waals surface area contributed by atoms with Crippen molar-refractivity contribution in [3.05, 3.63) is 68.9 Å². The van der Waals surface area contributed by atoms with Gasteiger partial charge < -0.3 is 28.8 Å². The predicted molar refractivity (Wildman–Crippen MR) is 140 cm³/mol. The van der Waals surface area contributed by atoms with Crippen LogP contribution in [0.5, 0.6) is 0 Å². The predicted octanol–water partition coefficient (Wildman–Crippen LogP) is 2.86. The van der Waals surface area contributed by atoms with Crippen LogP contribution in [0.25, 0.3) is 11.0 Å². The fourth-order valence-corrected chi connectivity index (χ4v) is 5.55. The Bertz CT molecular complexity index is 1450. The number of carbonyl (C=O) groups excluding carboxylic acids is 1. The molecule has 0 radical (unpaired) electrons. The topological polar surface area (TPSA) is 69.5 Å². The maximum absolute atomic E-state index is 14.4. The highest BCUT2D eigenvalue weighted by molar-refractivity contribution is 5.99. The van der Waals surface area contributed by atoms with Gasteiger partial charge >= 0.3 is 0 Å². The molecule has 2 fully saturated rings. The van der Waals surface area contributed by atoms with Gasteiger partial charge in [-0.3, -0.25) is 9.59 Å². The van der Waals surface area contributed by atoms with Gasteiger partial charge in [0.25, 0.3) is 5.91 Å². The van der Waals surface area contributed by atoms with Gasteiger partial charge in [0.1, 0.15) is 17.2 Å². The van der Waals surface area contributed by atoms with Crippen molar-refractivity contribution in [3.8, 4) is 0 Å². The lowest BCUT2D eigenvalue weighted by Crippen LogP contribution is -2.47. The van der Waals surface area contributed by atoms with E-state index in [2.05, 4.69) is 4.90 Å². The molecule has 0 unspecified atom stereocenters. The molecule has 8 nitrogen and oxygen atoms in total. The minimum absolute atomic E-state index is 0.142. The summed E-state index contributed by atoms with van der Waals surface area (Å²) in [7, 11) is 2.02. The molecular weight excluding hydrogens is 494 g/mol. The van der Waals surface area contributed by atoms with E-state index in [1.165, 1.54) is 12.1 Å². The minimum atomic E-state index is -0.641. The first-order valence-electron chi connectivity index (χ1n) is 13.0. The van der Waals surface area contributed by atoms with E-state index in [0.29, 0.717) is 91.6 Å². The largest absolute Gasteiger partial charge is 0.440 e. The molecule has 2 aromatic carbocycles.